The fraction of sp³-hybridized carbons (Fsp3) is 0.143. The summed E-state index contributed by atoms with van der Waals surface area (Å²) in [5, 5.41) is 5.73. The predicted octanol–water partition coefficient (Wildman–Crippen LogP) is 5.40. The molecule has 152 valence electrons. The van der Waals surface area contributed by atoms with E-state index in [0.717, 1.165) is 15.9 Å². The van der Waals surface area contributed by atoms with E-state index in [-0.39, 0.29) is 0 Å². The van der Waals surface area contributed by atoms with Gasteiger partial charge in [-0.05, 0) is 57.7 Å². The smallest absolute Gasteiger partial charge is 0.294 e. The van der Waals surface area contributed by atoms with Gasteiger partial charge in [0.1, 0.15) is 29.4 Å². The Hall–Kier alpha value is -2.79. The van der Waals surface area contributed by atoms with Crippen molar-refractivity contribution in [2.45, 2.75) is 6.61 Å². The van der Waals surface area contributed by atoms with Crippen molar-refractivity contribution in [2.75, 3.05) is 14.2 Å². The summed E-state index contributed by atoms with van der Waals surface area (Å²) in [7, 11) is 3.21. The highest BCUT2D eigenvalue weighted by Gasteiger charge is 2.17. The molecule has 30 heavy (non-hydrogen) atoms. The summed E-state index contributed by atoms with van der Waals surface area (Å²) < 4.78 is 25.6. The van der Waals surface area contributed by atoms with Gasteiger partial charge in [-0.25, -0.2) is 9.50 Å². The maximum absolute atomic E-state index is 6.13. The zero-order chi connectivity index (χ0) is 20.7. The number of rotatable bonds is 6. The lowest BCUT2D eigenvalue weighted by atomic mass is 10.2. The van der Waals surface area contributed by atoms with Crippen LogP contribution in [0.25, 0.3) is 27.4 Å². The van der Waals surface area contributed by atoms with Crippen molar-refractivity contribution < 1.29 is 18.6 Å². The monoisotopic (exact) mass is 533 g/mol. The Kier molecular flexibility index (Phi) is 4.99. The zero-order valence-corrected chi connectivity index (χ0v) is 19.1. The molecule has 5 rings (SSSR count). The second-order valence-corrected chi connectivity index (χ2v) is 8.66. The minimum Gasteiger partial charge on any atom is -0.496 e. The fourth-order valence-electron chi connectivity index (χ4n) is 3.12. The van der Waals surface area contributed by atoms with E-state index in [2.05, 4.69) is 44.8 Å². The summed E-state index contributed by atoms with van der Waals surface area (Å²) in [6.45, 7) is 0.448. The van der Waals surface area contributed by atoms with Crippen LogP contribution in [0.15, 0.2) is 53.1 Å². The van der Waals surface area contributed by atoms with E-state index in [4.69, 9.17) is 18.6 Å². The van der Waals surface area contributed by atoms with Crippen molar-refractivity contribution in [2.24, 2.45) is 0 Å². The first-order chi connectivity index (χ1) is 14.6. The minimum absolute atomic E-state index is 0.448. The molecule has 0 bridgehead atoms. The van der Waals surface area contributed by atoms with Gasteiger partial charge in [-0.3, -0.25) is 0 Å². The quantitative estimate of drug-likeness (QED) is 0.272. The van der Waals surface area contributed by atoms with Crippen LogP contribution < -0.4 is 14.2 Å². The topological polar surface area (TPSA) is 71.0 Å². The van der Waals surface area contributed by atoms with Crippen LogP contribution in [0.4, 0.5) is 0 Å². The highest BCUT2D eigenvalue weighted by atomic mass is 127. The molecular weight excluding hydrogens is 517 g/mol. The zero-order valence-electron chi connectivity index (χ0n) is 16.1. The number of fused-ring (bicyclic) bond motifs is 2. The van der Waals surface area contributed by atoms with E-state index in [0.29, 0.717) is 40.3 Å². The Morgan fingerprint density at radius 1 is 1.13 bits per heavy atom. The number of ether oxygens (including phenoxy) is 3. The van der Waals surface area contributed by atoms with Crippen LogP contribution in [-0.2, 0) is 6.61 Å². The van der Waals surface area contributed by atoms with Crippen LogP contribution in [0.5, 0.6) is 16.7 Å². The Balaban J connectivity index is 1.51. The Bertz CT molecular complexity index is 1330. The molecule has 0 aliphatic heterocycles. The molecule has 0 aliphatic carbocycles. The van der Waals surface area contributed by atoms with Crippen LogP contribution in [-0.4, -0.2) is 28.8 Å². The number of aromatic nitrogens is 3. The van der Waals surface area contributed by atoms with Gasteiger partial charge in [-0.2, -0.15) is 0 Å². The van der Waals surface area contributed by atoms with Crippen LogP contribution in [0.1, 0.15) is 5.56 Å². The third-order valence-electron chi connectivity index (χ3n) is 4.54. The van der Waals surface area contributed by atoms with Gasteiger partial charge in [0.15, 0.2) is 5.76 Å². The highest BCUT2D eigenvalue weighted by molar-refractivity contribution is 14.1. The molecule has 3 aromatic heterocycles. The Labute approximate surface area is 189 Å². The van der Waals surface area contributed by atoms with E-state index in [1.165, 1.54) is 14.9 Å². The molecule has 0 saturated heterocycles. The lowest BCUT2D eigenvalue weighted by molar-refractivity contribution is 0.307. The Morgan fingerprint density at radius 3 is 2.80 bits per heavy atom. The normalized spacial score (nSPS) is 11.3. The van der Waals surface area contributed by atoms with E-state index in [1.807, 2.05) is 36.5 Å². The van der Waals surface area contributed by atoms with Crippen LogP contribution >= 0.6 is 33.9 Å². The molecule has 0 radical (unpaired) electrons. The first kappa shape index (κ1) is 19.2. The van der Waals surface area contributed by atoms with Gasteiger partial charge in [0.05, 0.1) is 25.8 Å². The van der Waals surface area contributed by atoms with Gasteiger partial charge < -0.3 is 18.6 Å². The number of halogens is 1. The SMILES string of the molecule is COc1cc(OCc2cccc(I)c2)c2cc(-c3cn4nc(OC)sc4n3)oc2c1. The molecule has 9 heteroatoms. The van der Waals surface area contributed by atoms with E-state index in [1.54, 1.807) is 18.7 Å². The third kappa shape index (κ3) is 3.58. The average Bonchev–Trinajstić information content (AvgIpc) is 3.44. The maximum Gasteiger partial charge on any atom is 0.294 e. The summed E-state index contributed by atoms with van der Waals surface area (Å²) in [5.74, 6) is 1.99. The average molecular weight is 533 g/mol. The van der Waals surface area contributed by atoms with Crippen LogP contribution in [0.2, 0.25) is 0 Å². The van der Waals surface area contributed by atoms with Gasteiger partial charge in [0, 0.05) is 15.7 Å². The number of imidazole rings is 1. The molecule has 0 unspecified atom stereocenters. The molecular formula is C21H16IN3O4S. The molecule has 0 atom stereocenters. The van der Waals surface area contributed by atoms with Crippen LogP contribution in [0, 0.1) is 3.57 Å². The van der Waals surface area contributed by atoms with Crippen molar-refractivity contribution in [1.29, 1.82) is 0 Å². The van der Waals surface area contributed by atoms with Crippen molar-refractivity contribution in [3.05, 3.63) is 57.8 Å². The summed E-state index contributed by atoms with van der Waals surface area (Å²) in [6, 6.07) is 13.9. The van der Waals surface area contributed by atoms with Gasteiger partial charge >= 0.3 is 0 Å². The molecule has 0 spiro atoms. The van der Waals surface area contributed by atoms with E-state index >= 15 is 0 Å². The standard InChI is InChI=1S/C21H16IN3O4S/c1-26-14-7-17(28-11-12-4-3-5-13(22)6-12)15-9-19(29-18(15)8-14)16-10-25-20(23-16)30-21(24-25)27-2/h3-10H,11H2,1-2H3. The molecule has 2 aromatic carbocycles. The second-order valence-electron chi connectivity index (χ2n) is 6.49. The molecule has 3 heterocycles. The van der Waals surface area contributed by atoms with Crippen molar-refractivity contribution in [1.82, 2.24) is 14.6 Å². The molecule has 0 amide bonds. The first-order valence-electron chi connectivity index (χ1n) is 9.02. The van der Waals surface area contributed by atoms with Crippen molar-refractivity contribution in [3.8, 4) is 28.1 Å². The Morgan fingerprint density at radius 2 is 2.03 bits per heavy atom. The largest absolute Gasteiger partial charge is 0.496 e. The van der Waals surface area contributed by atoms with Crippen LogP contribution in [0.3, 0.4) is 0 Å². The molecule has 0 N–H and O–H groups in total. The minimum atomic E-state index is 0.448. The second kappa shape index (κ2) is 7.80. The number of benzene rings is 2. The maximum atomic E-state index is 6.13. The third-order valence-corrected chi connectivity index (χ3v) is 6.10. The van der Waals surface area contributed by atoms with E-state index in [9.17, 15) is 0 Å². The highest BCUT2D eigenvalue weighted by Crippen LogP contribution is 2.37. The lowest BCUT2D eigenvalue weighted by Gasteiger charge is -2.09. The number of hydrogen-bond acceptors (Lipinski definition) is 7. The number of methoxy groups -OCH3 is 2. The molecule has 0 aliphatic rings. The first-order valence-corrected chi connectivity index (χ1v) is 10.9. The van der Waals surface area contributed by atoms with E-state index < -0.39 is 0 Å². The number of hydrogen-bond donors (Lipinski definition) is 0. The number of nitrogens with zero attached hydrogens (tertiary/aromatic N) is 3. The van der Waals surface area contributed by atoms with Gasteiger partial charge in [0.2, 0.25) is 4.96 Å². The van der Waals surface area contributed by atoms with Gasteiger partial charge in [-0.15, -0.1) is 5.10 Å². The van der Waals surface area contributed by atoms with Gasteiger partial charge in [0.25, 0.3) is 5.19 Å². The summed E-state index contributed by atoms with van der Waals surface area (Å²) in [5.41, 5.74) is 2.45. The summed E-state index contributed by atoms with van der Waals surface area (Å²) in [4.78, 5) is 5.33. The van der Waals surface area contributed by atoms with Crippen molar-refractivity contribution >= 4 is 49.9 Å². The number of furan rings is 1. The lowest BCUT2D eigenvalue weighted by Crippen LogP contribution is -1.96. The molecule has 0 saturated carbocycles. The summed E-state index contributed by atoms with van der Waals surface area (Å²) in [6.07, 6.45) is 1.82. The predicted molar refractivity (Wildman–Crippen MR) is 123 cm³/mol. The van der Waals surface area contributed by atoms with Gasteiger partial charge in [-0.1, -0.05) is 12.1 Å². The van der Waals surface area contributed by atoms with Crippen molar-refractivity contribution in [3.63, 3.8) is 0 Å². The fourth-order valence-corrected chi connectivity index (χ4v) is 4.42. The summed E-state index contributed by atoms with van der Waals surface area (Å²) >= 11 is 3.66. The molecule has 7 nitrogen and oxygen atoms in total. The molecule has 0 fully saturated rings. The molecule has 5 aromatic rings.